The molecule has 1 aromatic carbocycles. The number of nitrogens with one attached hydrogen (secondary N) is 2. The minimum Gasteiger partial charge on any atom is -0.382 e. The first-order chi connectivity index (χ1) is 20.4. The molecule has 0 saturated heterocycles. The van der Waals surface area contributed by atoms with Gasteiger partial charge in [-0.05, 0) is 124 Å². The Balaban J connectivity index is 0.795. The van der Waals surface area contributed by atoms with Crippen LogP contribution in [0.1, 0.15) is 101 Å². The van der Waals surface area contributed by atoms with E-state index in [1.54, 1.807) is 0 Å². The zero-order chi connectivity index (χ0) is 28.1. The molecule has 2 heterocycles. The predicted molar refractivity (Wildman–Crippen MR) is 157 cm³/mol. The number of hydrogen-bond donors (Lipinski definition) is 2. The van der Waals surface area contributed by atoms with Gasteiger partial charge in [0.05, 0.1) is 11.4 Å². The number of carbonyl (C=O) groups excluding carboxylic acids is 2. The van der Waals surface area contributed by atoms with Crippen LogP contribution < -0.4 is 10.6 Å². The van der Waals surface area contributed by atoms with Crippen molar-refractivity contribution < 1.29 is 19.3 Å². The Morgan fingerprint density at radius 2 is 0.881 bits per heavy atom. The van der Waals surface area contributed by atoms with Gasteiger partial charge in [0.2, 0.25) is 12.2 Å². The third-order valence-corrected chi connectivity index (χ3v) is 12.3. The molecule has 222 valence electrons. The smallest absolute Gasteiger partial charge is 0.264 e. The number of carbonyl (C=O) groups is 2. The van der Waals surface area contributed by atoms with Gasteiger partial charge >= 0.3 is 0 Å². The van der Waals surface area contributed by atoms with Gasteiger partial charge in [0.25, 0.3) is 11.8 Å². The van der Waals surface area contributed by atoms with Crippen molar-refractivity contribution in [1.29, 1.82) is 0 Å². The maximum absolute atomic E-state index is 13.3. The Kier molecular flexibility index (Phi) is 5.66. The van der Waals surface area contributed by atoms with E-state index in [1.807, 2.05) is 24.3 Å². The van der Waals surface area contributed by atoms with Crippen LogP contribution in [0.4, 0.5) is 0 Å². The number of hydrogen-bond acceptors (Lipinski definition) is 6. The van der Waals surface area contributed by atoms with Crippen LogP contribution in [0.3, 0.4) is 0 Å². The third-order valence-electron chi connectivity index (χ3n) is 12.3. The van der Waals surface area contributed by atoms with Crippen LogP contribution in [-0.2, 0) is 19.3 Å². The fourth-order valence-electron chi connectivity index (χ4n) is 11.4. The molecule has 2 aliphatic heterocycles. The molecule has 42 heavy (non-hydrogen) atoms. The Hall–Kier alpha value is -2.90. The van der Waals surface area contributed by atoms with Gasteiger partial charge < -0.3 is 20.3 Å². The van der Waals surface area contributed by atoms with E-state index in [1.165, 1.54) is 38.5 Å². The first-order valence-electron chi connectivity index (χ1n) is 16.6. The van der Waals surface area contributed by atoms with Crippen LogP contribution in [0.5, 0.6) is 0 Å². The highest BCUT2D eigenvalue weighted by molar-refractivity contribution is 6.07. The highest BCUT2D eigenvalue weighted by Crippen LogP contribution is 2.56. The normalized spacial score (nSPS) is 43.9. The first kappa shape index (κ1) is 25.6. The molecular weight excluding hydrogens is 528 g/mol. The second kappa shape index (κ2) is 9.30. The Morgan fingerprint density at radius 3 is 1.19 bits per heavy atom. The van der Waals surface area contributed by atoms with Gasteiger partial charge in [0.1, 0.15) is 0 Å². The number of rotatable bonds is 6. The third kappa shape index (κ3) is 4.38. The molecule has 8 aliphatic carbocycles. The van der Waals surface area contributed by atoms with E-state index in [0.29, 0.717) is 12.8 Å². The maximum Gasteiger partial charge on any atom is 0.264 e. The fraction of sp³-hybridized carbons (Fsp3) is 0.706. The number of amides is 2. The SMILES string of the molecule is O=C(NC12CC3CC(CC(C3)C1)C2)C1CC(c2ccc(C3=NOC(C(=O)NC45CC6CC(CC(C6)C4)C5)C3)cc2)=NO1. The van der Waals surface area contributed by atoms with Crippen molar-refractivity contribution in [2.45, 2.75) is 113 Å². The van der Waals surface area contributed by atoms with Crippen LogP contribution in [0, 0.1) is 35.5 Å². The second-order valence-corrected chi connectivity index (χ2v) is 15.6. The molecule has 8 heteroatoms. The summed E-state index contributed by atoms with van der Waals surface area (Å²) in [6.45, 7) is 0. The van der Waals surface area contributed by atoms with Crippen molar-refractivity contribution in [3.63, 3.8) is 0 Å². The lowest BCUT2D eigenvalue weighted by Gasteiger charge is -2.57. The molecule has 8 fully saturated rings. The molecule has 0 spiro atoms. The minimum atomic E-state index is -0.562. The average Bonchev–Trinajstić information content (AvgIpc) is 3.62. The summed E-state index contributed by atoms with van der Waals surface area (Å²) >= 11 is 0. The van der Waals surface area contributed by atoms with Gasteiger partial charge in [0, 0.05) is 23.9 Å². The van der Waals surface area contributed by atoms with Gasteiger partial charge in [-0.15, -0.1) is 0 Å². The van der Waals surface area contributed by atoms with Crippen LogP contribution in [0.25, 0.3) is 0 Å². The maximum atomic E-state index is 13.3. The monoisotopic (exact) mass is 570 g/mol. The summed E-state index contributed by atoms with van der Waals surface area (Å²) in [7, 11) is 0. The molecule has 8 saturated carbocycles. The largest absolute Gasteiger partial charge is 0.382 e. The standard InChI is InChI=1S/C34H42N4O4/c39-31(35-33-13-19-5-20(14-33)7-21(6-19)15-33)29-11-27(37-41-29)25-1-2-26(4-3-25)28-12-30(42-38-28)32(40)36-34-16-22-8-23(17-34)10-24(9-22)18-34/h1-4,19-24,29-30H,5-18H2,(H,35,39)(H,36,40). The van der Waals surface area contributed by atoms with E-state index in [4.69, 9.17) is 9.68 Å². The number of nitrogens with zero attached hydrogens (tertiary/aromatic N) is 2. The zero-order valence-corrected chi connectivity index (χ0v) is 24.4. The van der Waals surface area contributed by atoms with Gasteiger partial charge in [-0.2, -0.15) is 0 Å². The highest BCUT2D eigenvalue weighted by atomic mass is 16.7. The second-order valence-electron chi connectivity index (χ2n) is 15.6. The molecule has 11 rings (SSSR count). The van der Waals surface area contributed by atoms with E-state index in [-0.39, 0.29) is 22.9 Å². The molecule has 0 aromatic heterocycles. The lowest BCUT2D eigenvalue weighted by molar-refractivity contribution is -0.137. The Morgan fingerprint density at radius 1 is 0.571 bits per heavy atom. The molecule has 8 nitrogen and oxygen atoms in total. The highest BCUT2D eigenvalue weighted by Gasteiger charge is 2.53. The van der Waals surface area contributed by atoms with Crippen LogP contribution in [0.2, 0.25) is 0 Å². The molecule has 1 aromatic rings. The Bertz CT molecular complexity index is 1190. The summed E-state index contributed by atoms with van der Waals surface area (Å²) in [5, 5.41) is 15.5. The first-order valence-corrected chi connectivity index (χ1v) is 16.6. The minimum absolute atomic E-state index is 0.0114. The van der Waals surface area contributed by atoms with Gasteiger partial charge in [-0.3, -0.25) is 9.59 Å². The van der Waals surface area contributed by atoms with Crippen molar-refractivity contribution in [1.82, 2.24) is 10.6 Å². The summed E-state index contributed by atoms with van der Waals surface area (Å²) in [6, 6.07) is 8.01. The molecule has 2 unspecified atom stereocenters. The molecule has 2 amide bonds. The summed E-state index contributed by atoms with van der Waals surface area (Å²) in [4.78, 5) is 37.8. The molecule has 10 aliphatic rings. The lowest BCUT2D eigenvalue weighted by Crippen LogP contribution is -2.61. The fourth-order valence-corrected chi connectivity index (χ4v) is 11.4. The van der Waals surface area contributed by atoms with Crippen molar-refractivity contribution in [2.24, 2.45) is 45.8 Å². The predicted octanol–water partition coefficient (Wildman–Crippen LogP) is 4.84. The summed E-state index contributed by atoms with van der Waals surface area (Å²) in [5.74, 6) is 4.69. The van der Waals surface area contributed by atoms with E-state index < -0.39 is 12.2 Å². The van der Waals surface area contributed by atoms with Crippen molar-refractivity contribution in [3.8, 4) is 0 Å². The topological polar surface area (TPSA) is 101 Å². The van der Waals surface area contributed by atoms with Crippen molar-refractivity contribution in [3.05, 3.63) is 35.4 Å². The summed E-state index contributed by atoms with van der Waals surface area (Å²) < 4.78 is 0. The van der Waals surface area contributed by atoms with E-state index in [2.05, 4.69) is 20.9 Å². The van der Waals surface area contributed by atoms with E-state index >= 15 is 0 Å². The number of oxime groups is 2. The van der Waals surface area contributed by atoms with Crippen LogP contribution in [0.15, 0.2) is 34.6 Å². The van der Waals surface area contributed by atoms with Crippen molar-refractivity contribution in [2.75, 3.05) is 0 Å². The molecular formula is C34H42N4O4. The van der Waals surface area contributed by atoms with Crippen LogP contribution >= 0.6 is 0 Å². The van der Waals surface area contributed by atoms with Gasteiger partial charge in [-0.25, -0.2) is 0 Å². The van der Waals surface area contributed by atoms with E-state index in [0.717, 1.165) is 96.6 Å². The van der Waals surface area contributed by atoms with E-state index in [9.17, 15) is 9.59 Å². The number of benzene rings is 1. The quantitative estimate of drug-likeness (QED) is 0.511. The Labute approximate surface area is 247 Å². The zero-order valence-electron chi connectivity index (χ0n) is 24.4. The van der Waals surface area contributed by atoms with Crippen LogP contribution in [-0.4, -0.2) is 46.5 Å². The molecule has 0 radical (unpaired) electrons. The van der Waals surface area contributed by atoms with Gasteiger partial charge in [-0.1, -0.05) is 34.6 Å². The lowest BCUT2D eigenvalue weighted by atomic mass is 9.53. The average molecular weight is 571 g/mol. The van der Waals surface area contributed by atoms with Gasteiger partial charge in [0.15, 0.2) is 0 Å². The summed E-state index contributed by atoms with van der Waals surface area (Å²) in [5.41, 5.74) is 3.44. The molecule has 2 N–H and O–H groups in total. The molecule has 2 atom stereocenters. The van der Waals surface area contributed by atoms with Crippen molar-refractivity contribution >= 4 is 23.2 Å². The molecule has 8 bridgehead atoms. The summed E-state index contributed by atoms with van der Waals surface area (Å²) in [6.07, 6.45) is 14.7.